The molecular weight excluding hydrogens is 1460 g/mol. The van der Waals surface area contributed by atoms with Crippen LogP contribution in [0, 0.1) is 47.3 Å². The molecule has 0 spiro atoms. The average molecular weight is 1580 g/mol. The third kappa shape index (κ3) is 29.5. The number of ketones is 2. The van der Waals surface area contributed by atoms with Gasteiger partial charge in [-0.1, -0.05) is 93.5 Å². The van der Waals surface area contributed by atoms with Gasteiger partial charge in [-0.3, -0.25) is 76.8 Å². The Balaban J connectivity index is 0.00000127. The minimum absolute atomic E-state index is 0. The Bertz CT molecular complexity index is 3550. The van der Waals surface area contributed by atoms with Crippen LogP contribution in [0.15, 0.2) is 48.5 Å². The standard InChI is InChI=1S/C67H102N8O17S.C11H17NO5.CH4/c1-14-42(6)61(73(11)66(84)52(40(2)3)36-55(77)60(41(4)5)72(9)10)56(89-12)37-59(80)75-31-15-16-54(75)62(90-13)44(8)64(82)69-53(65(83)71-93(87,88)51-26-27-51)35-45-19-24-50(25-20-45)91-39-57(78)70-92-38-46-17-21-48(22-18-46)68-63(81)43(7)34-49(76)23-28-58(79)74-32-29-47(30-33-74)67(85)86;1-17-11(16)8-4-6-12(7-5-8)9(13)2-3-10(14)15;/h17-22,24-25,40-44,47,51-54,56,60-62H,14-16,23,26-39H2,1-13H3,(H,68,81)(H,69,82)(H,70,78)(H,71,83)(H,85,86);8H,2-7H2,1H3,(H,14,15);1H4/t42-,43+,44+,52-,53-,54-,56+,60-,61-,62+;;/m0../s1. The number of ether oxygens (including phenoxy) is 4. The van der Waals surface area contributed by atoms with Crippen LogP contribution in [0.25, 0.3) is 0 Å². The second-order valence-corrected chi connectivity index (χ2v) is 32.3. The van der Waals surface area contributed by atoms with E-state index < -0.39 is 106 Å². The first-order chi connectivity index (χ1) is 51.9. The monoisotopic (exact) mass is 1580 g/mol. The zero-order valence-electron chi connectivity index (χ0n) is 66.5. The van der Waals surface area contributed by atoms with E-state index in [2.05, 4.69) is 25.6 Å². The lowest BCUT2D eigenvalue weighted by atomic mass is 9.83. The van der Waals surface area contributed by atoms with Crippen molar-refractivity contribution in [1.29, 1.82) is 0 Å². The molecule has 6 N–H and O–H groups in total. The number of sulfonamides is 1. The number of aliphatic carboxylic acids is 2. The zero-order chi connectivity index (χ0) is 81.9. The van der Waals surface area contributed by atoms with E-state index >= 15 is 0 Å². The second kappa shape index (κ2) is 45.9. The number of amides is 8. The molecule has 4 aliphatic rings. The molecule has 8 amide bonds. The first-order valence-electron chi connectivity index (χ1n) is 38.2. The number of benzene rings is 2. The van der Waals surface area contributed by atoms with Crippen molar-refractivity contribution in [2.24, 2.45) is 47.3 Å². The van der Waals surface area contributed by atoms with Crippen LogP contribution < -0.4 is 25.6 Å². The van der Waals surface area contributed by atoms with Crippen molar-refractivity contribution in [2.75, 3.05) is 87.1 Å². The Kier molecular flexibility index (Phi) is 39.2. The summed E-state index contributed by atoms with van der Waals surface area (Å²) in [6.07, 6.45) is 2.55. The molecule has 3 heterocycles. The van der Waals surface area contributed by atoms with Crippen molar-refractivity contribution in [2.45, 2.75) is 220 Å². The number of hydroxylamine groups is 1. The highest BCUT2D eigenvalue weighted by Crippen LogP contribution is 2.33. The predicted octanol–water partition coefficient (Wildman–Crippen LogP) is 6.22. The summed E-state index contributed by atoms with van der Waals surface area (Å²) < 4.78 is 50.7. The van der Waals surface area contributed by atoms with Gasteiger partial charge in [0.2, 0.25) is 45.5 Å². The van der Waals surface area contributed by atoms with Crippen molar-refractivity contribution in [3.63, 3.8) is 0 Å². The van der Waals surface area contributed by atoms with Gasteiger partial charge in [0.05, 0.1) is 79.9 Å². The van der Waals surface area contributed by atoms with Gasteiger partial charge >= 0.3 is 17.9 Å². The number of likely N-dealkylation sites (N-methyl/N-ethyl adjacent to an activating group) is 2. The number of carboxylic acid groups (broad SMARTS) is 2. The average Bonchev–Trinajstić information content (AvgIpc) is 1.69. The summed E-state index contributed by atoms with van der Waals surface area (Å²) in [5.74, 6) is -8.46. The quantitative estimate of drug-likeness (QED) is 0.0317. The fourth-order valence-electron chi connectivity index (χ4n) is 14.5. The van der Waals surface area contributed by atoms with E-state index in [0.717, 1.165) is 0 Å². The zero-order valence-corrected chi connectivity index (χ0v) is 67.3. The van der Waals surface area contributed by atoms with Crippen LogP contribution in [0.1, 0.15) is 177 Å². The van der Waals surface area contributed by atoms with Crippen LogP contribution in [0.3, 0.4) is 0 Å². The van der Waals surface area contributed by atoms with Gasteiger partial charge in [-0.05, 0) is 119 Å². The number of nitrogens with zero attached hydrogens (tertiary/aromatic N) is 5. The topological polar surface area (TPSA) is 407 Å². The molecule has 0 bridgehead atoms. The number of Topliss-reactive ketones (excluding diaryl/α,β-unsaturated/α-hetero) is 2. The van der Waals surface area contributed by atoms with Crippen molar-refractivity contribution in [3.05, 3.63) is 59.7 Å². The van der Waals surface area contributed by atoms with Crippen LogP contribution in [0.4, 0.5) is 5.69 Å². The number of esters is 1. The van der Waals surface area contributed by atoms with Crippen molar-refractivity contribution in [1.82, 2.24) is 40.0 Å². The second-order valence-electron chi connectivity index (χ2n) is 30.4. The number of carbonyl (C=O) groups excluding carboxylic acids is 11. The highest BCUT2D eigenvalue weighted by Gasteiger charge is 2.45. The third-order valence-corrected chi connectivity index (χ3v) is 23.1. The van der Waals surface area contributed by atoms with Gasteiger partial charge in [-0.15, -0.1) is 0 Å². The molecule has 622 valence electrons. The van der Waals surface area contributed by atoms with Gasteiger partial charge < -0.3 is 59.4 Å². The van der Waals surface area contributed by atoms with E-state index in [9.17, 15) is 75.9 Å². The molecule has 6 rings (SSSR count). The van der Waals surface area contributed by atoms with E-state index in [-0.39, 0.29) is 148 Å². The van der Waals surface area contributed by atoms with Crippen LogP contribution in [-0.4, -0.2) is 243 Å². The molecule has 0 radical (unpaired) electrons. The molecule has 2 aromatic carbocycles. The lowest BCUT2D eigenvalue weighted by Gasteiger charge is -2.41. The number of nitrogens with one attached hydrogen (secondary N) is 4. The highest BCUT2D eigenvalue weighted by molar-refractivity contribution is 7.91. The highest BCUT2D eigenvalue weighted by atomic mass is 32.2. The van der Waals surface area contributed by atoms with Gasteiger partial charge in [0.1, 0.15) is 17.6 Å². The Morgan fingerprint density at radius 1 is 0.640 bits per heavy atom. The molecule has 111 heavy (non-hydrogen) atoms. The summed E-state index contributed by atoms with van der Waals surface area (Å²) in [7, 11) is 5.72. The Morgan fingerprint density at radius 3 is 1.73 bits per heavy atom. The van der Waals surface area contributed by atoms with Crippen molar-refractivity contribution < 1.29 is 105 Å². The summed E-state index contributed by atoms with van der Waals surface area (Å²) in [6.45, 7) is 16.6. The molecular formula is C79H123N9O22S. The number of methoxy groups -OCH3 is 3. The SMILES string of the molecule is C.CC[C@H](C)[C@@H]([C@@H](CC(=O)N1CCC[C@H]1[C@H](OC)[C@@H](C)C(=O)N[C@@H](Cc1ccc(OCC(=O)NOCc2ccc(NC(=O)[C@H](C)CC(=O)CCC(=O)N3CCC(C(=O)O)CC3)cc2)cc1)C(=O)NS(=O)(=O)C1CC1)OC)N(C)C(=O)[C@@H](CC(=O)[C@H](C(C)C)N(C)C)C(C)C.COC(=O)C1CCN(C(=O)CCC(=O)O)CC1. The minimum atomic E-state index is -4.03. The number of hydrogen-bond donors (Lipinski definition) is 6. The number of rotatable bonds is 42. The van der Waals surface area contributed by atoms with Crippen molar-refractivity contribution in [3.8, 4) is 5.75 Å². The molecule has 0 unspecified atom stereocenters. The first kappa shape index (κ1) is 94.9. The summed E-state index contributed by atoms with van der Waals surface area (Å²) >= 11 is 0. The van der Waals surface area contributed by atoms with E-state index in [0.29, 0.717) is 107 Å². The van der Waals surface area contributed by atoms with Crippen LogP contribution >= 0.6 is 0 Å². The molecule has 31 nitrogen and oxygen atoms in total. The predicted molar refractivity (Wildman–Crippen MR) is 412 cm³/mol. The van der Waals surface area contributed by atoms with Crippen LogP contribution in [0.2, 0.25) is 0 Å². The number of piperidine rings is 2. The fraction of sp³-hybridized carbons (Fsp3) is 0.684. The Morgan fingerprint density at radius 2 is 1.22 bits per heavy atom. The number of hydrogen-bond acceptors (Lipinski definition) is 21. The van der Waals surface area contributed by atoms with E-state index in [1.807, 2.05) is 60.5 Å². The summed E-state index contributed by atoms with van der Waals surface area (Å²) in [5, 5.41) is 22.5. The van der Waals surface area contributed by atoms with Gasteiger partial charge in [0.15, 0.2) is 12.4 Å². The normalized spacial score (nSPS) is 17.9. The molecule has 3 saturated heterocycles. The molecule has 2 aromatic rings. The summed E-state index contributed by atoms with van der Waals surface area (Å²) in [6, 6.07) is 10.1. The van der Waals surface area contributed by atoms with Crippen LogP contribution in [0.5, 0.6) is 5.75 Å². The van der Waals surface area contributed by atoms with Gasteiger partial charge in [-0.25, -0.2) is 13.9 Å². The van der Waals surface area contributed by atoms with Crippen LogP contribution in [-0.2, 0) is 104 Å². The number of anilines is 1. The lowest BCUT2D eigenvalue weighted by molar-refractivity contribution is -0.149. The maximum Gasteiger partial charge on any atom is 0.308 e. The van der Waals surface area contributed by atoms with E-state index in [1.165, 1.54) is 21.3 Å². The van der Waals surface area contributed by atoms with Crippen molar-refractivity contribution >= 4 is 92.4 Å². The molecule has 1 saturated carbocycles. The molecule has 3 aliphatic heterocycles. The molecule has 1 aliphatic carbocycles. The molecule has 0 aromatic heterocycles. The lowest BCUT2D eigenvalue weighted by Crippen LogP contribution is -2.55. The Hall–Kier alpha value is -8.46. The van der Waals surface area contributed by atoms with Gasteiger partial charge in [-0.2, -0.15) is 0 Å². The van der Waals surface area contributed by atoms with E-state index in [1.54, 1.807) is 89.0 Å². The van der Waals surface area contributed by atoms with E-state index in [4.69, 9.17) is 24.2 Å². The maximum absolute atomic E-state index is 14.6. The summed E-state index contributed by atoms with van der Waals surface area (Å²) in [5.41, 5.74) is 3.95. The number of likely N-dealkylation sites (tertiary alicyclic amines) is 3. The molecule has 4 fully saturated rings. The largest absolute Gasteiger partial charge is 0.484 e. The summed E-state index contributed by atoms with van der Waals surface area (Å²) in [4.78, 5) is 180. The third-order valence-electron chi connectivity index (χ3n) is 21.3. The Labute approximate surface area is 654 Å². The van der Waals surface area contributed by atoms with Gasteiger partial charge in [0, 0.05) is 110 Å². The van der Waals surface area contributed by atoms with Gasteiger partial charge in [0.25, 0.3) is 11.8 Å². The molecule has 10 atom stereocenters. The molecule has 32 heteroatoms. The number of carbonyl (C=O) groups is 13. The smallest absolute Gasteiger partial charge is 0.308 e. The fourth-order valence-corrected chi connectivity index (χ4v) is 15.8. The maximum atomic E-state index is 14.6. The minimum Gasteiger partial charge on any atom is -0.484 e. The number of carboxylic acids is 2. The first-order valence-corrected chi connectivity index (χ1v) is 39.8.